The summed E-state index contributed by atoms with van der Waals surface area (Å²) < 4.78 is 34.6. The van der Waals surface area contributed by atoms with Gasteiger partial charge in [-0.3, -0.25) is 13.9 Å². The zero-order valence-corrected chi connectivity index (χ0v) is 25.6. The topological polar surface area (TPSA) is 96.0 Å². The van der Waals surface area contributed by atoms with E-state index >= 15 is 0 Å². The Labute approximate surface area is 244 Å². The van der Waals surface area contributed by atoms with Crippen molar-refractivity contribution in [2.75, 3.05) is 17.5 Å². The van der Waals surface area contributed by atoms with Crippen molar-refractivity contribution in [1.29, 1.82) is 0 Å². The van der Waals surface area contributed by atoms with Gasteiger partial charge in [0.05, 0.1) is 17.2 Å². The Hall–Kier alpha value is -3.85. The predicted molar refractivity (Wildman–Crippen MR) is 162 cm³/mol. The molecule has 3 aromatic carbocycles. The Morgan fingerprint density at radius 2 is 1.41 bits per heavy atom. The Morgan fingerprint density at radius 1 is 0.854 bits per heavy atom. The highest BCUT2D eigenvalue weighted by Gasteiger charge is 2.33. The first-order valence-electron chi connectivity index (χ1n) is 13.9. The van der Waals surface area contributed by atoms with Crippen molar-refractivity contribution in [2.24, 2.45) is 0 Å². The van der Waals surface area contributed by atoms with Crippen LogP contribution in [0, 0.1) is 13.8 Å². The molecule has 0 fully saturated rings. The molecule has 220 valence electrons. The van der Waals surface area contributed by atoms with Gasteiger partial charge in [-0.1, -0.05) is 54.4 Å². The van der Waals surface area contributed by atoms with Crippen LogP contribution in [0.15, 0.2) is 77.7 Å². The molecule has 8 nitrogen and oxygen atoms in total. The van der Waals surface area contributed by atoms with Gasteiger partial charge in [0.15, 0.2) is 0 Å². The first-order chi connectivity index (χ1) is 19.5. The second kappa shape index (κ2) is 14.2. The number of hydrogen-bond donors (Lipinski definition) is 1. The van der Waals surface area contributed by atoms with Crippen LogP contribution in [0.4, 0.5) is 5.69 Å². The molecule has 9 heteroatoms. The second-order valence-corrected chi connectivity index (χ2v) is 12.2. The summed E-state index contributed by atoms with van der Waals surface area (Å²) in [4.78, 5) is 28.8. The third-order valence-corrected chi connectivity index (χ3v) is 8.40. The summed E-state index contributed by atoms with van der Waals surface area (Å²) in [5.74, 6) is -0.207. The van der Waals surface area contributed by atoms with Gasteiger partial charge in [0, 0.05) is 12.6 Å². The van der Waals surface area contributed by atoms with Gasteiger partial charge in [-0.2, -0.15) is 0 Å². The maximum Gasteiger partial charge on any atom is 0.264 e. The fraction of sp³-hybridized carbons (Fsp3) is 0.375. The van der Waals surface area contributed by atoms with Crippen molar-refractivity contribution in [2.45, 2.75) is 71.5 Å². The number of rotatable bonds is 13. The maximum absolute atomic E-state index is 14.1. The molecular weight excluding hydrogens is 538 g/mol. The largest absolute Gasteiger partial charge is 0.494 e. The van der Waals surface area contributed by atoms with Crippen LogP contribution < -0.4 is 14.4 Å². The molecular formula is C32H41N3O5S. The molecule has 2 amide bonds. The van der Waals surface area contributed by atoms with Gasteiger partial charge >= 0.3 is 0 Å². The van der Waals surface area contributed by atoms with Crippen molar-refractivity contribution in [1.82, 2.24) is 10.2 Å². The van der Waals surface area contributed by atoms with Gasteiger partial charge in [-0.25, -0.2) is 8.42 Å². The molecule has 3 aromatic rings. The van der Waals surface area contributed by atoms with Gasteiger partial charge in [0.2, 0.25) is 11.8 Å². The maximum atomic E-state index is 14.1. The van der Waals surface area contributed by atoms with Crippen LogP contribution in [0.1, 0.15) is 50.8 Å². The number of sulfonamides is 1. The van der Waals surface area contributed by atoms with E-state index in [4.69, 9.17) is 4.74 Å². The van der Waals surface area contributed by atoms with E-state index in [1.54, 1.807) is 36.4 Å². The van der Waals surface area contributed by atoms with Gasteiger partial charge in [-0.05, 0) is 83.0 Å². The van der Waals surface area contributed by atoms with Crippen LogP contribution in [0.5, 0.6) is 5.75 Å². The number of nitrogens with one attached hydrogen (secondary N) is 1. The van der Waals surface area contributed by atoms with Crippen molar-refractivity contribution in [3.8, 4) is 5.75 Å². The van der Waals surface area contributed by atoms with Crippen molar-refractivity contribution in [3.63, 3.8) is 0 Å². The summed E-state index contributed by atoms with van der Waals surface area (Å²) >= 11 is 0. The Kier molecular flexibility index (Phi) is 10.9. The fourth-order valence-electron chi connectivity index (χ4n) is 4.43. The number of hydrogen-bond acceptors (Lipinski definition) is 5. The average molecular weight is 580 g/mol. The SMILES string of the molecule is CCOc1ccc(S(=O)(=O)N(CC(=O)N(Cc2ccc(C)cc2)[C@@H](CC)C(=O)NC(C)C)c2ccc(C)cc2)cc1. The van der Waals surface area contributed by atoms with Gasteiger partial charge < -0.3 is 15.0 Å². The number of carbonyl (C=O) groups excluding carboxylic acids is 2. The number of anilines is 1. The third-order valence-electron chi connectivity index (χ3n) is 6.61. The summed E-state index contributed by atoms with van der Waals surface area (Å²) in [5.41, 5.74) is 3.22. The van der Waals surface area contributed by atoms with E-state index in [0.29, 0.717) is 24.5 Å². The third kappa shape index (κ3) is 8.33. The molecule has 0 radical (unpaired) electrons. The Morgan fingerprint density at radius 3 is 1.93 bits per heavy atom. The van der Waals surface area contributed by atoms with Crippen LogP contribution in [0.3, 0.4) is 0 Å². The van der Waals surface area contributed by atoms with Crippen molar-refractivity contribution < 1.29 is 22.7 Å². The molecule has 0 aromatic heterocycles. The molecule has 1 atom stereocenters. The zero-order valence-electron chi connectivity index (χ0n) is 24.8. The van der Waals surface area contributed by atoms with Crippen LogP contribution in [0.2, 0.25) is 0 Å². The number of ether oxygens (including phenoxy) is 1. The lowest BCUT2D eigenvalue weighted by atomic mass is 10.1. The lowest BCUT2D eigenvalue weighted by molar-refractivity contribution is -0.140. The molecule has 0 saturated heterocycles. The summed E-state index contributed by atoms with van der Waals surface area (Å²) in [5, 5.41) is 2.91. The van der Waals surface area contributed by atoms with Crippen LogP contribution in [0.25, 0.3) is 0 Å². The van der Waals surface area contributed by atoms with E-state index in [2.05, 4.69) is 5.32 Å². The van der Waals surface area contributed by atoms with Crippen molar-refractivity contribution in [3.05, 3.63) is 89.5 Å². The number of benzene rings is 3. The molecule has 0 aliphatic carbocycles. The molecule has 0 aliphatic rings. The quantitative estimate of drug-likeness (QED) is 0.299. The second-order valence-electron chi connectivity index (χ2n) is 10.3. The average Bonchev–Trinajstić information content (AvgIpc) is 2.93. The minimum atomic E-state index is -4.15. The number of nitrogens with zero attached hydrogens (tertiary/aromatic N) is 2. The summed E-state index contributed by atoms with van der Waals surface area (Å²) in [6, 6.07) is 19.9. The monoisotopic (exact) mass is 579 g/mol. The molecule has 0 heterocycles. The minimum absolute atomic E-state index is 0.0315. The van der Waals surface area contributed by atoms with Crippen molar-refractivity contribution >= 4 is 27.5 Å². The number of carbonyl (C=O) groups is 2. The zero-order chi connectivity index (χ0) is 30.2. The normalized spacial score (nSPS) is 12.1. The molecule has 3 rings (SSSR count). The van der Waals surface area contributed by atoms with E-state index < -0.39 is 28.5 Å². The van der Waals surface area contributed by atoms with Gasteiger partial charge in [0.1, 0.15) is 18.3 Å². The molecule has 0 unspecified atom stereocenters. The highest BCUT2D eigenvalue weighted by Crippen LogP contribution is 2.26. The lowest BCUT2D eigenvalue weighted by Crippen LogP contribution is -2.53. The Balaban J connectivity index is 2.04. The van der Waals surface area contributed by atoms with E-state index in [0.717, 1.165) is 21.0 Å². The fourth-order valence-corrected chi connectivity index (χ4v) is 5.85. The van der Waals surface area contributed by atoms with Crippen LogP contribution in [-0.4, -0.2) is 50.4 Å². The minimum Gasteiger partial charge on any atom is -0.494 e. The molecule has 0 aliphatic heterocycles. The first-order valence-corrected chi connectivity index (χ1v) is 15.4. The summed E-state index contributed by atoms with van der Waals surface area (Å²) in [6.45, 7) is 11.4. The molecule has 0 bridgehead atoms. The van der Waals surface area contributed by atoms with Gasteiger partial charge in [0.25, 0.3) is 10.0 Å². The van der Waals surface area contributed by atoms with E-state index in [1.165, 1.54) is 17.0 Å². The van der Waals surface area contributed by atoms with Gasteiger partial charge in [-0.15, -0.1) is 0 Å². The van der Waals surface area contributed by atoms with Crippen LogP contribution >= 0.6 is 0 Å². The lowest BCUT2D eigenvalue weighted by Gasteiger charge is -2.33. The van der Waals surface area contributed by atoms with E-state index in [9.17, 15) is 18.0 Å². The standard InChI is InChI=1S/C32H41N3O5S/c1-7-30(32(37)33-23(3)4)34(21-26-13-9-24(5)10-14-26)31(36)22-35(27-15-11-25(6)12-16-27)41(38,39)29-19-17-28(18-20-29)40-8-2/h9-20,23,30H,7-8,21-22H2,1-6H3,(H,33,37)/t30-/m0/s1. The summed E-state index contributed by atoms with van der Waals surface area (Å²) in [6.07, 6.45) is 0.367. The smallest absolute Gasteiger partial charge is 0.264 e. The molecule has 1 N–H and O–H groups in total. The van der Waals surface area contributed by atoms with E-state index in [1.807, 2.05) is 65.8 Å². The summed E-state index contributed by atoms with van der Waals surface area (Å²) in [7, 11) is -4.15. The van der Waals surface area contributed by atoms with E-state index in [-0.39, 0.29) is 23.4 Å². The molecule has 41 heavy (non-hydrogen) atoms. The van der Waals surface area contributed by atoms with Crippen LogP contribution in [-0.2, 0) is 26.2 Å². The Bertz CT molecular complexity index is 1400. The predicted octanol–water partition coefficient (Wildman–Crippen LogP) is 5.23. The molecule has 0 saturated carbocycles. The number of aryl methyl sites for hydroxylation is 2. The highest BCUT2D eigenvalue weighted by molar-refractivity contribution is 7.92. The number of amides is 2. The first kappa shape index (κ1) is 31.7. The molecule has 0 spiro atoms. The highest BCUT2D eigenvalue weighted by atomic mass is 32.2.